The van der Waals surface area contributed by atoms with Crippen molar-refractivity contribution in [2.24, 2.45) is 11.7 Å². The Kier molecular flexibility index (Phi) is 5.13. The van der Waals surface area contributed by atoms with Crippen LogP contribution in [0.4, 0.5) is 0 Å². The van der Waals surface area contributed by atoms with Crippen LogP contribution in [0.15, 0.2) is 27.6 Å². The summed E-state index contributed by atoms with van der Waals surface area (Å²) in [5.41, 5.74) is 5.91. The summed E-state index contributed by atoms with van der Waals surface area (Å²) in [5.74, 6) is 0.199. The number of sulfonamides is 1. The highest BCUT2D eigenvalue weighted by molar-refractivity contribution is 9.10. The Hall–Kier alpha value is -0.140. The second kappa shape index (κ2) is 6.32. The minimum Gasteiger partial charge on any atom is -0.328 e. The van der Waals surface area contributed by atoms with Gasteiger partial charge in [-0.3, -0.25) is 0 Å². The van der Waals surface area contributed by atoms with Gasteiger partial charge in [0, 0.05) is 23.6 Å². The van der Waals surface area contributed by atoms with Gasteiger partial charge in [-0.15, -0.1) is 0 Å². The van der Waals surface area contributed by atoms with E-state index in [1.54, 1.807) is 12.1 Å². The number of hydrogen-bond acceptors (Lipinski definition) is 3. The van der Waals surface area contributed by atoms with Crippen molar-refractivity contribution < 1.29 is 8.42 Å². The first-order chi connectivity index (χ1) is 9.34. The second-order valence-electron chi connectivity index (χ2n) is 5.18. The van der Waals surface area contributed by atoms with E-state index >= 15 is 0 Å². The monoisotopic (exact) mass is 380 g/mol. The van der Waals surface area contributed by atoms with Gasteiger partial charge in [-0.1, -0.05) is 17.7 Å². The smallest absolute Gasteiger partial charge is 0.244 e. The third-order valence-corrected chi connectivity index (χ3v) is 7.01. The normalized spacial score (nSPS) is 22.7. The van der Waals surface area contributed by atoms with Crippen LogP contribution in [0.5, 0.6) is 0 Å². The molecule has 1 aromatic carbocycles. The first-order valence-corrected chi connectivity index (χ1v) is 9.15. The quantitative estimate of drug-likeness (QED) is 0.875. The maximum atomic E-state index is 12.7. The maximum Gasteiger partial charge on any atom is 0.244 e. The number of piperidine rings is 1. The second-order valence-corrected chi connectivity index (χ2v) is 8.32. The fraction of sp³-hybridized carbons (Fsp3) is 0.538. The zero-order valence-corrected chi connectivity index (χ0v) is 14.4. The Morgan fingerprint density at radius 1 is 1.50 bits per heavy atom. The lowest BCUT2D eigenvalue weighted by Gasteiger charge is -2.34. The molecule has 1 aliphatic heterocycles. The molecule has 1 aliphatic rings. The van der Waals surface area contributed by atoms with Crippen molar-refractivity contribution in [3.05, 3.63) is 27.7 Å². The summed E-state index contributed by atoms with van der Waals surface area (Å²) in [6.45, 7) is 2.91. The van der Waals surface area contributed by atoms with Crippen LogP contribution in [0.1, 0.15) is 19.8 Å². The summed E-state index contributed by atoms with van der Waals surface area (Å²) in [4.78, 5) is 0.152. The molecule has 20 heavy (non-hydrogen) atoms. The Labute approximate surface area is 133 Å². The van der Waals surface area contributed by atoms with Crippen LogP contribution >= 0.6 is 27.5 Å². The van der Waals surface area contributed by atoms with Crippen LogP contribution < -0.4 is 5.73 Å². The minimum atomic E-state index is -3.57. The van der Waals surface area contributed by atoms with E-state index in [2.05, 4.69) is 15.9 Å². The first-order valence-electron chi connectivity index (χ1n) is 6.53. The van der Waals surface area contributed by atoms with Gasteiger partial charge in [-0.2, -0.15) is 4.31 Å². The van der Waals surface area contributed by atoms with E-state index < -0.39 is 10.0 Å². The van der Waals surface area contributed by atoms with E-state index in [-0.39, 0.29) is 21.9 Å². The molecule has 0 amide bonds. The first kappa shape index (κ1) is 16.2. The van der Waals surface area contributed by atoms with E-state index in [0.29, 0.717) is 17.6 Å². The molecule has 7 heteroatoms. The molecule has 0 saturated carbocycles. The maximum absolute atomic E-state index is 12.7. The number of halogens is 2. The third kappa shape index (κ3) is 3.20. The predicted octanol–water partition coefficient (Wildman–Crippen LogP) is 2.85. The zero-order valence-electron chi connectivity index (χ0n) is 11.2. The molecule has 1 saturated heterocycles. The predicted molar refractivity (Wildman–Crippen MR) is 84.3 cm³/mol. The average Bonchev–Trinajstić information content (AvgIpc) is 2.41. The summed E-state index contributed by atoms with van der Waals surface area (Å²) in [6, 6.07) is 4.93. The zero-order chi connectivity index (χ0) is 14.9. The van der Waals surface area contributed by atoms with E-state index in [4.69, 9.17) is 17.3 Å². The van der Waals surface area contributed by atoms with Gasteiger partial charge in [-0.25, -0.2) is 8.42 Å². The van der Waals surface area contributed by atoms with E-state index in [1.807, 2.05) is 6.92 Å². The van der Waals surface area contributed by atoms with Gasteiger partial charge >= 0.3 is 0 Å². The minimum absolute atomic E-state index is 0.00835. The number of nitrogens with zero attached hydrogens (tertiary/aromatic N) is 1. The lowest BCUT2D eigenvalue weighted by atomic mass is 9.93. The summed E-state index contributed by atoms with van der Waals surface area (Å²) in [5, 5.41) is 0.232. The largest absolute Gasteiger partial charge is 0.328 e. The molecule has 0 aromatic heterocycles. The highest BCUT2D eigenvalue weighted by Gasteiger charge is 2.33. The standard InChI is InChI=1S/C13H18BrClN2O2S/c1-9(16)10-4-3-7-17(8-10)20(18,19)12-6-2-5-11(14)13(12)15/h2,5-6,9-10H,3-4,7-8,16H2,1H3. The number of nitrogens with two attached hydrogens (primary N) is 1. The molecule has 2 N–H and O–H groups in total. The van der Waals surface area contributed by atoms with E-state index in [1.165, 1.54) is 10.4 Å². The van der Waals surface area contributed by atoms with Crippen LogP contribution in [0.25, 0.3) is 0 Å². The third-order valence-electron chi connectivity index (χ3n) is 3.70. The van der Waals surface area contributed by atoms with Crippen LogP contribution in [-0.2, 0) is 10.0 Å². The molecule has 2 rings (SSSR count). The van der Waals surface area contributed by atoms with Crippen molar-refractivity contribution in [2.45, 2.75) is 30.7 Å². The fourth-order valence-electron chi connectivity index (χ4n) is 2.44. The summed E-state index contributed by atoms with van der Waals surface area (Å²) < 4.78 is 27.5. The molecule has 2 unspecified atom stereocenters. The van der Waals surface area contributed by atoms with Gasteiger partial charge in [0.15, 0.2) is 0 Å². The van der Waals surface area contributed by atoms with E-state index in [9.17, 15) is 8.42 Å². The van der Waals surface area contributed by atoms with Crippen LogP contribution in [-0.4, -0.2) is 31.9 Å². The molecule has 0 bridgehead atoms. The lowest BCUT2D eigenvalue weighted by molar-refractivity contribution is 0.243. The molecule has 0 radical (unpaired) electrons. The summed E-state index contributed by atoms with van der Waals surface area (Å²) >= 11 is 9.38. The van der Waals surface area contributed by atoms with Crippen molar-refractivity contribution in [1.82, 2.24) is 4.31 Å². The molecule has 1 heterocycles. The van der Waals surface area contributed by atoms with Crippen molar-refractivity contribution in [3.8, 4) is 0 Å². The Morgan fingerprint density at radius 3 is 2.85 bits per heavy atom. The molecular weight excluding hydrogens is 364 g/mol. The van der Waals surface area contributed by atoms with Crippen molar-refractivity contribution in [3.63, 3.8) is 0 Å². The number of hydrogen-bond donors (Lipinski definition) is 1. The van der Waals surface area contributed by atoms with E-state index in [0.717, 1.165) is 12.8 Å². The summed E-state index contributed by atoms with van der Waals surface area (Å²) in [6.07, 6.45) is 1.80. The molecule has 1 aromatic rings. The Bertz CT molecular complexity index is 592. The van der Waals surface area contributed by atoms with Gasteiger partial charge in [0.05, 0.1) is 5.02 Å². The van der Waals surface area contributed by atoms with Crippen molar-refractivity contribution >= 4 is 37.6 Å². The van der Waals surface area contributed by atoms with Crippen molar-refractivity contribution in [2.75, 3.05) is 13.1 Å². The van der Waals surface area contributed by atoms with Gasteiger partial charge in [0.1, 0.15) is 4.90 Å². The SMILES string of the molecule is CC(N)C1CCCN(S(=O)(=O)c2cccc(Br)c2Cl)C1. The molecule has 0 spiro atoms. The average molecular weight is 382 g/mol. The lowest BCUT2D eigenvalue weighted by Crippen LogP contribution is -2.45. The number of rotatable bonds is 3. The Balaban J connectivity index is 2.33. The number of benzene rings is 1. The van der Waals surface area contributed by atoms with Gasteiger partial charge < -0.3 is 5.73 Å². The van der Waals surface area contributed by atoms with Gasteiger partial charge in [0.25, 0.3) is 0 Å². The fourth-order valence-corrected chi connectivity index (χ4v) is 4.98. The molecule has 1 fully saturated rings. The van der Waals surface area contributed by atoms with Crippen molar-refractivity contribution in [1.29, 1.82) is 0 Å². The topological polar surface area (TPSA) is 63.4 Å². The molecule has 0 aliphatic carbocycles. The highest BCUT2D eigenvalue weighted by atomic mass is 79.9. The van der Waals surface area contributed by atoms with Crippen LogP contribution in [0.3, 0.4) is 0 Å². The highest BCUT2D eigenvalue weighted by Crippen LogP contribution is 2.33. The summed E-state index contributed by atoms with van der Waals surface area (Å²) in [7, 11) is -3.57. The molecule has 112 valence electrons. The molecular formula is C13H18BrClN2O2S. The Morgan fingerprint density at radius 2 is 2.20 bits per heavy atom. The van der Waals surface area contributed by atoms with Crippen LogP contribution in [0.2, 0.25) is 5.02 Å². The molecule has 4 nitrogen and oxygen atoms in total. The van der Waals surface area contributed by atoms with Gasteiger partial charge in [-0.05, 0) is 53.7 Å². The van der Waals surface area contributed by atoms with Gasteiger partial charge in [0.2, 0.25) is 10.0 Å². The molecule has 2 atom stereocenters. The van der Waals surface area contributed by atoms with Crippen LogP contribution in [0, 0.1) is 5.92 Å².